The summed E-state index contributed by atoms with van der Waals surface area (Å²) in [7, 11) is 0. The number of hydrogen-bond acceptors (Lipinski definition) is 3. The van der Waals surface area contributed by atoms with E-state index in [1.807, 2.05) is 0 Å². The second-order valence-electron chi connectivity index (χ2n) is 8.39. The lowest BCUT2D eigenvalue weighted by molar-refractivity contribution is -0.172. The number of ketones is 2. The van der Waals surface area contributed by atoms with E-state index in [9.17, 15) is 40.3 Å². The molecule has 0 fully saturated rings. The first-order chi connectivity index (χ1) is 15.4. The summed E-state index contributed by atoms with van der Waals surface area (Å²) in [5.41, 5.74) is 0.140. The lowest BCUT2D eigenvalue weighted by atomic mass is 9.78. The van der Waals surface area contributed by atoms with E-state index >= 15 is 0 Å². The molecule has 0 unspecified atom stereocenters. The zero-order valence-electron chi connectivity index (χ0n) is 19.4. The molecule has 0 spiro atoms. The molecular weight excluding hydrogens is 826 g/mol. The fraction of sp³-hybridized carbons (Fsp3) is 0.545. The van der Waals surface area contributed by atoms with E-state index in [1.54, 1.807) is 0 Å². The highest BCUT2D eigenvalue weighted by molar-refractivity contribution is 14.3. The average Bonchev–Trinajstić information content (AvgIpc) is 3.05. The lowest BCUT2D eigenvalue weighted by Gasteiger charge is -2.27. The molecular formula is C22H24F7I3O3. The third-order valence-electron chi connectivity index (χ3n) is 4.10. The van der Waals surface area contributed by atoms with Gasteiger partial charge in [0.2, 0.25) is 5.78 Å². The fourth-order valence-corrected chi connectivity index (χ4v) is 2.71. The van der Waals surface area contributed by atoms with Gasteiger partial charge in [-0.2, -0.15) is 26.3 Å². The number of hydrogen-bond donors (Lipinski definition) is 0. The summed E-state index contributed by atoms with van der Waals surface area (Å²) in [5, 5.41) is 0. The molecule has 1 heterocycles. The first-order valence-electron chi connectivity index (χ1n) is 9.83. The van der Waals surface area contributed by atoms with Crippen LogP contribution in [-0.4, -0.2) is 30.0 Å². The summed E-state index contributed by atoms with van der Waals surface area (Å²) < 4.78 is 90.8. The molecule has 0 saturated heterocycles. The van der Waals surface area contributed by atoms with Gasteiger partial charge in [-0.1, -0.05) is 87.2 Å². The number of benzene rings is 1. The van der Waals surface area contributed by atoms with Gasteiger partial charge in [0.15, 0.2) is 0 Å². The smallest absolute Gasteiger partial charge is 0.454 e. The second kappa shape index (κ2) is 13.6. The molecule has 1 aromatic rings. The van der Waals surface area contributed by atoms with Gasteiger partial charge in [0.05, 0.1) is 6.61 Å². The van der Waals surface area contributed by atoms with E-state index in [2.05, 4.69) is 74.7 Å². The van der Waals surface area contributed by atoms with Crippen LogP contribution in [0, 0.1) is 5.82 Å². The van der Waals surface area contributed by atoms with Crippen molar-refractivity contribution in [3.63, 3.8) is 0 Å². The minimum atomic E-state index is -4.88. The third-order valence-corrected chi connectivity index (χ3v) is 4.10. The predicted molar refractivity (Wildman–Crippen MR) is 145 cm³/mol. The first kappa shape index (κ1) is 34.8. The maximum atomic E-state index is 13.6. The van der Waals surface area contributed by atoms with Crippen molar-refractivity contribution < 1.29 is 45.1 Å². The van der Waals surface area contributed by atoms with E-state index in [-0.39, 0.29) is 0 Å². The Morgan fingerprint density at radius 3 is 1.83 bits per heavy atom. The summed E-state index contributed by atoms with van der Waals surface area (Å²) in [6, 6.07) is 2.46. The number of Topliss-reactive ketones (excluding diaryl/α,β-unsaturated/α-hetero) is 1. The van der Waals surface area contributed by atoms with Crippen LogP contribution in [0.4, 0.5) is 30.7 Å². The van der Waals surface area contributed by atoms with Crippen LogP contribution in [0.15, 0.2) is 23.8 Å². The Kier molecular flexibility index (Phi) is 13.5. The Morgan fingerprint density at radius 1 is 0.971 bits per heavy atom. The van der Waals surface area contributed by atoms with Gasteiger partial charge in [-0.25, -0.2) is 4.39 Å². The van der Waals surface area contributed by atoms with Gasteiger partial charge in [-0.15, -0.1) is 0 Å². The normalized spacial score (nSPS) is 13.3. The van der Waals surface area contributed by atoms with Crippen molar-refractivity contribution in [1.82, 2.24) is 0 Å². The molecule has 1 aliphatic heterocycles. The van der Waals surface area contributed by atoms with Crippen LogP contribution < -0.4 is 4.74 Å². The zero-order valence-corrected chi connectivity index (χ0v) is 25.8. The highest BCUT2D eigenvalue weighted by atomic mass is 127. The quantitative estimate of drug-likeness (QED) is 0.132. The highest BCUT2D eigenvalue weighted by Crippen LogP contribution is 2.41. The lowest BCUT2D eigenvalue weighted by Crippen LogP contribution is -2.31. The van der Waals surface area contributed by atoms with Crippen LogP contribution in [0.25, 0.3) is 0 Å². The van der Waals surface area contributed by atoms with Gasteiger partial charge in [0, 0.05) is 29.4 Å². The Morgan fingerprint density at radius 2 is 1.46 bits per heavy atom. The van der Waals surface area contributed by atoms with Gasteiger partial charge >= 0.3 is 12.4 Å². The molecule has 0 atom stereocenters. The molecule has 0 aliphatic carbocycles. The van der Waals surface area contributed by atoms with Gasteiger partial charge in [0.1, 0.15) is 11.0 Å². The number of ether oxygens (including phenoxy) is 1. The molecule has 0 bridgehead atoms. The van der Waals surface area contributed by atoms with Gasteiger partial charge in [-0.3, -0.25) is 9.59 Å². The monoisotopic (exact) mass is 850 g/mol. The maximum absolute atomic E-state index is 13.6. The van der Waals surface area contributed by atoms with Crippen molar-refractivity contribution >= 4 is 79.3 Å². The number of fused-ring (bicyclic) bond motifs is 1. The molecule has 3 nitrogen and oxygen atoms in total. The number of alkyl halides is 9. The van der Waals surface area contributed by atoms with Crippen LogP contribution in [0.5, 0.6) is 5.75 Å². The Balaban J connectivity index is 0.000000644. The van der Waals surface area contributed by atoms with Gasteiger partial charge in [0.25, 0.3) is 5.78 Å². The number of halogens is 10. The summed E-state index contributed by atoms with van der Waals surface area (Å²) >= 11 is 7.05. The second-order valence-corrected chi connectivity index (χ2v) is 21.1. The number of carbonyl (C=O) groups excluding carboxylic acids is 2. The molecule has 1 aliphatic rings. The first-order valence-corrected chi connectivity index (χ1v) is 13.1. The van der Waals surface area contributed by atoms with Crippen molar-refractivity contribution in [1.29, 1.82) is 0 Å². The molecule has 1 aromatic carbocycles. The standard InChI is InChI=1S/C14H14F4O2.C6H7F3O.C2H3I3/c1-13(2,7-11(19)14(16,17)18)10-6-9(15)5-8-3-4-20-12(8)10;1-4(2)3-5(10)6(7,8)9;1-2(3,4)5/h5-6H,3-4,7H2,1-2H3;3H,1-2H3;1H3. The molecule has 0 amide bonds. The molecule has 0 radical (unpaired) electrons. The van der Waals surface area contributed by atoms with Crippen molar-refractivity contribution in [3.8, 4) is 5.75 Å². The van der Waals surface area contributed by atoms with E-state index in [1.165, 1.54) is 33.8 Å². The average molecular weight is 850 g/mol. The SMILES string of the molecule is CC(C)(CC(=O)C(F)(F)F)c1cc(F)cc2c1OCC2.CC(C)=CC(=O)C(F)(F)F.CC(I)(I)I. The zero-order chi connectivity index (χ0) is 28.0. The van der Waals surface area contributed by atoms with Crippen LogP contribution in [0.2, 0.25) is 0 Å². The van der Waals surface area contributed by atoms with E-state index in [0.717, 1.165) is 6.07 Å². The molecule has 0 aromatic heterocycles. The molecule has 0 N–H and O–H groups in total. The van der Waals surface area contributed by atoms with Crippen molar-refractivity contribution in [3.05, 3.63) is 40.7 Å². The summed E-state index contributed by atoms with van der Waals surface area (Å²) in [5.74, 6) is -3.74. The van der Waals surface area contributed by atoms with E-state index in [4.69, 9.17) is 4.74 Å². The minimum Gasteiger partial charge on any atom is -0.493 e. The Hall–Kier alpha value is -0.200. The Labute approximate surface area is 240 Å². The Bertz CT molecular complexity index is 922. The largest absolute Gasteiger partial charge is 0.493 e. The molecule has 35 heavy (non-hydrogen) atoms. The van der Waals surface area contributed by atoms with Crippen molar-refractivity contribution in [2.75, 3.05) is 6.61 Å². The van der Waals surface area contributed by atoms with Gasteiger partial charge < -0.3 is 4.74 Å². The maximum Gasteiger partial charge on any atom is 0.454 e. The fourth-order valence-electron chi connectivity index (χ4n) is 2.71. The number of carbonyl (C=O) groups is 2. The van der Waals surface area contributed by atoms with Crippen LogP contribution in [0.3, 0.4) is 0 Å². The topological polar surface area (TPSA) is 43.4 Å². The predicted octanol–water partition coefficient (Wildman–Crippen LogP) is 8.61. The molecule has 200 valence electrons. The highest BCUT2D eigenvalue weighted by Gasteiger charge is 2.43. The summed E-state index contributed by atoms with van der Waals surface area (Å²) in [4.78, 5) is 21.3. The molecule has 0 saturated carbocycles. The van der Waals surface area contributed by atoms with E-state index < -0.39 is 41.6 Å². The summed E-state index contributed by atoms with van der Waals surface area (Å²) in [6.07, 6.45) is -9.26. The van der Waals surface area contributed by atoms with E-state index in [0.29, 0.717) is 41.0 Å². The molecule has 13 heteroatoms. The third kappa shape index (κ3) is 14.4. The van der Waals surface area contributed by atoms with Gasteiger partial charge in [-0.05, 0) is 39.0 Å². The molecule has 2 rings (SSSR count). The number of allylic oxidation sites excluding steroid dienone is 2. The van der Waals surface area contributed by atoms with Crippen molar-refractivity contribution in [2.24, 2.45) is 0 Å². The van der Waals surface area contributed by atoms with Crippen LogP contribution in [0.1, 0.15) is 52.2 Å². The van der Waals surface area contributed by atoms with Crippen LogP contribution >= 0.6 is 67.8 Å². The van der Waals surface area contributed by atoms with Crippen LogP contribution in [-0.2, 0) is 21.4 Å². The number of rotatable bonds is 4. The minimum absolute atomic E-state index is 0.308. The van der Waals surface area contributed by atoms with Crippen molar-refractivity contribution in [2.45, 2.75) is 64.7 Å². The summed E-state index contributed by atoms with van der Waals surface area (Å²) in [6.45, 7) is 8.35.